The zero-order valence-corrected chi connectivity index (χ0v) is 19.7. The molecule has 34 heavy (non-hydrogen) atoms. The fourth-order valence-electron chi connectivity index (χ4n) is 3.50. The first-order valence-electron chi connectivity index (χ1n) is 10.6. The monoisotopic (exact) mass is 479 g/mol. The van der Waals surface area contributed by atoms with Crippen LogP contribution in [0.4, 0.5) is 5.69 Å². The van der Waals surface area contributed by atoms with Crippen LogP contribution >= 0.6 is 11.6 Å². The van der Waals surface area contributed by atoms with Crippen molar-refractivity contribution in [2.75, 3.05) is 32.6 Å². The number of anilines is 1. The molecule has 3 aromatic rings. The lowest BCUT2D eigenvalue weighted by molar-refractivity contribution is -0.123. The first-order valence-corrected chi connectivity index (χ1v) is 11.0. The van der Waals surface area contributed by atoms with Crippen molar-refractivity contribution in [3.05, 3.63) is 101 Å². The van der Waals surface area contributed by atoms with Crippen molar-refractivity contribution in [2.24, 2.45) is 0 Å². The Morgan fingerprint density at radius 3 is 2.00 bits per heavy atom. The maximum Gasteiger partial charge on any atom is 0.340 e. The van der Waals surface area contributed by atoms with Gasteiger partial charge in [-0.1, -0.05) is 72.3 Å². The van der Waals surface area contributed by atoms with E-state index in [0.717, 1.165) is 11.1 Å². The van der Waals surface area contributed by atoms with E-state index < -0.39 is 5.97 Å². The summed E-state index contributed by atoms with van der Waals surface area (Å²) >= 11 is 5.95. The lowest BCUT2D eigenvalue weighted by Crippen LogP contribution is -2.40. The maximum absolute atomic E-state index is 12.8. The van der Waals surface area contributed by atoms with Crippen LogP contribution in [0.3, 0.4) is 0 Å². The molecule has 0 saturated heterocycles. The molecule has 0 aromatic heterocycles. The van der Waals surface area contributed by atoms with Crippen molar-refractivity contribution < 1.29 is 19.1 Å². The van der Waals surface area contributed by atoms with Gasteiger partial charge in [0.15, 0.2) is 0 Å². The number of hydrogen-bond acceptors (Lipinski definition) is 5. The van der Waals surface area contributed by atoms with Crippen LogP contribution in [-0.2, 0) is 14.3 Å². The normalized spacial score (nSPS) is 10.7. The Labute approximate surface area is 203 Å². The van der Waals surface area contributed by atoms with Crippen molar-refractivity contribution in [1.82, 2.24) is 10.2 Å². The largest absolute Gasteiger partial charge is 0.465 e. The Morgan fingerprint density at radius 1 is 0.882 bits per heavy atom. The Balaban J connectivity index is 1.62. The predicted octanol–water partition coefficient (Wildman–Crippen LogP) is 3.90. The minimum absolute atomic E-state index is 0.00800. The van der Waals surface area contributed by atoms with Crippen molar-refractivity contribution in [3.8, 4) is 0 Å². The van der Waals surface area contributed by atoms with E-state index in [1.165, 1.54) is 19.2 Å². The molecule has 0 spiro atoms. The smallest absolute Gasteiger partial charge is 0.340 e. The second-order valence-corrected chi connectivity index (χ2v) is 8.16. The Morgan fingerprint density at radius 2 is 1.44 bits per heavy atom. The fourth-order valence-corrected chi connectivity index (χ4v) is 3.67. The molecule has 3 aromatic carbocycles. The molecule has 2 N–H and O–H groups in total. The van der Waals surface area contributed by atoms with Gasteiger partial charge in [0.2, 0.25) is 11.8 Å². The number of amides is 2. The number of carbonyl (C=O) groups is 3. The van der Waals surface area contributed by atoms with Gasteiger partial charge in [0, 0.05) is 5.02 Å². The van der Waals surface area contributed by atoms with E-state index in [4.69, 9.17) is 16.3 Å². The number of likely N-dealkylation sites (N-methyl/N-ethyl adjacent to an activating group) is 1. The number of nitrogens with zero attached hydrogens (tertiary/aromatic N) is 1. The molecule has 0 heterocycles. The third-order valence-electron chi connectivity index (χ3n) is 5.06. The molecule has 0 bridgehead atoms. The highest BCUT2D eigenvalue weighted by atomic mass is 35.5. The summed E-state index contributed by atoms with van der Waals surface area (Å²) in [6, 6.07) is 23.6. The minimum Gasteiger partial charge on any atom is -0.465 e. The van der Waals surface area contributed by atoms with E-state index in [1.807, 2.05) is 60.7 Å². The molecular weight excluding hydrogens is 454 g/mol. The molecule has 176 valence electrons. The molecule has 3 rings (SSSR count). The van der Waals surface area contributed by atoms with E-state index in [2.05, 4.69) is 10.6 Å². The third kappa shape index (κ3) is 6.91. The number of hydrogen-bond donors (Lipinski definition) is 2. The van der Waals surface area contributed by atoms with Gasteiger partial charge >= 0.3 is 5.97 Å². The number of rotatable bonds is 9. The lowest BCUT2D eigenvalue weighted by Gasteiger charge is -2.22. The van der Waals surface area contributed by atoms with Crippen LogP contribution < -0.4 is 10.6 Å². The molecule has 0 radical (unpaired) electrons. The van der Waals surface area contributed by atoms with Gasteiger partial charge in [-0.25, -0.2) is 4.79 Å². The van der Waals surface area contributed by atoms with Crippen LogP contribution in [0.25, 0.3) is 0 Å². The van der Waals surface area contributed by atoms with Crippen molar-refractivity contribution >= 4 is 35.1 Å². The summed E-state index contributed by atoms with van der Waals surface area (Å²) in [6.45, 7) is -0.0495. The van der Waals surface area contributed by atoms with E-state index in [-0.39, 0.29) is 42.2 Å². The molecule has 0 saturated carbocycles. The average molecular weight is 480 g/mol. The molecule has 0 atom stereocenters. The highest BCUT2D eigenvalue weighted by molar-refractivity contribution is 6.31. The summed E-state index contributed by atoms with van der Waals surface area (Å²) in [5.74, 6) is -1.22. The van der Waals surface area contributed by atoms with Crippen LogP contribution in [0, 0.1) is 0 Å². The number of halogens is 1. The lowest BCUT2D eigenvalue weighted by atomic mass is 9.99. The number of esters is 1. The van der Waals surface area contributed by atoms with Gasteiger partial charge in [-0.05, 0) is 36.4 Å². The number of benzene rings is 3. The van der Waals surface area contributed by atoms with Crippen LogP contribution in [0.1, 0.15) is 27.5 Å². The Hall–Kier alpha value is -3.68. The SMILES string of the molecule is COC(=O)c1cc(Cl)ccc1NC(=O)CN(C)CC(=O)NC(c1ccccc1)c1ccccc1. The van der Waals surface area contributed by atoms with E-state index in [1.54, 1.807) is 18.0 Å². The van der Waals surface area contributed by atoms with Gasteiger partial charge in [-0.3, -0.25) is 14.5 Å². The van der Waals surface area contributed by atoms with Gasteiger partial charge in [-0.15, -0.1) is 0 Å². The summed E-state index contributed by atoms with van der Waals surface area (Å²) < 4.78 is 4.74. The van der Waals surface area contributed by atoms with Crippen LogP contribution in [0.2, 0.25) is 5.02 Å². The predicted molar refractivity (Wildman–Crippen MR) is 132 cm³/mol. The molecular formula is C26H26ClN3O4. The van der Waals surface area contributed by atoms with Crippen molar-refractivity contribution in [2.45, 2.75) is 6.04 Å². The number of ether oxygens (including phenoxy) is 1. The van der Waals surface area contributed by atoms with Gasteiger partial charge in [0.25, 0.3) is 0 Å². The molecule has 0 aliphatic heterocycles. The molecule has 8 heteroatoms. The van der Waals surface area contributed by atoms with E-state index >= 15 is 0 Å². The van der Waals surface area contributed by atoms with Gasteiger partial charge in [-0.2, -0.15) is 0 Å². The summed E-state index contributed by atoms with van der Waals surface area (Å²) in [5, 5.41) is 6.08. The zero-order chi connectivity index (χ0) is 24.5. The summed E-state index contributed by atoms with van der Waals surface area (Å²) in [5.41, 5.74) is 2.35. The highest BCUT2D eigenvalue weighted by Crippen LogP contribution is 2.22. The Bertz CT molecular complexity index is 1100. The summed E-state index contributed by atoms with van der Waals surface area (Å²) in [7, 11) is 2.92. The Kier molecular flexibility index (Phi) is 8.79. The van der Waals surface area contributed by atoms with E-state index in [0.29, 0.717) is 5.02 Å². The third-order valence-corrected chi connectivity index (χ3v) is 5.29. The van der Waals surface area contributed by atoms with Crippen LogP contribution in [0.5, 0.6) is 0 Å². The topological polar surface area (TPSA) is 87.7 Å². The molecule has 0 fully saturated rings. The number of nitrogens with one attached hydrogen (secondary N) is 2. The highest BCUT2D eigenvalue weighted by Gasteiger charge is 2.19. The number of carbonyl (C=O) groups excluding carboxylic acids is 3. The standard InChI is InChI=1S/C26H26ClN3O4/c1-30(16-23(31)28-22-14-13-20(27)15-21(22)26(33)34-2)17-24(32)29-25(18-9-5-3-6-10-18)19-11-7-4-8-12-19/h3-15,25H,16-17H2,1-2H3,(H,28,31)(H,29,32). The number of methoxy groups -OCH3 is 1. The second kappa shape index (κ2) is 12.0. The van der Waals surface area contributed by atoms with Gasteiger partial charge in [0.05, 0.1) is 37.5 Å². The first kappa shape index (κ1) is 25.0. The first-order chi connectivity index (χ1) is 16.4. The molecule has 0 unspecified atom stereocenters. The molecule has 0 aliphatic carbocycles. The molecule has 2 amide bonds. The summed E-state index contributed by atoms with van der Waals surface area (Å²) in [4.78, 5) is 38.9. The summed E-state index contributed by atoms with van der Waals surface area (Å²) in [6.07, 6.45) is 0. The van der Waals surface area contributed by atoms with Crippen LogP contribution in [0.15, 0.2) is 78.9 Å². The quantitative estimate of drug-likeness (QED) is 0.454. The maximum atomic E-state index is 12.8. The van der Waals surface area contributed by atoms with Crippen molar-refractivity contribution in [3.63, 3.8) is 0 Å². The minimum atomic E-state index is -0.613. The fraction of sp³-hybridized carbons (Fsp3) is 0.192. The zero-order valence-electron chi connectivity index (χ0n) is 19.0. The van der Waals surface area contributed by atoms with Crippen molar-refractivity contribution in [1.29, 1.82) is 0 Å². The molecule has 0 aliphatic rings. The van der Waals surface area contributed by atoms with Crippen LogP contribution in [-0.4, -0.2) is 49.9 Å². The molecule has 7 nitrogen and oxygen atoms in total. The average Bonchev–Trinajstić information content (AvgIpc) is 2.84. The van der Waals surface area contributed by atoms with Gasteiger partial charge in [0.1, 0.15) is 0 Å². The van der Waals surface area contributed by atoms with E-state index in [9.17, 15) is 14.4 Å². The second-order valence-electron chi connectivity index (χ2n) is 7.72. The van der Waals surface area contributed by atoms with Gasteiger partial charge < -0.3 is 15.4 Å².